The zero-order valence-corrected chi connectivity index (χ0v) is 76.0. The third kappa shape index (κ3) is 43.4. The fourth-order valence-electron chi connectivity index (χ4n) is 12.3. The normalized spacial score (nSPS) is 16.7. The second kappa shape index (κ2) is 62.5. The molecule has 2 heterocycles. The summed E-state index contributed by atoms with van der Waals surface area (Å²) in [5.74, 6) is -23.5. The molecule has 61 heteroatoms. The van der Waals surface area contributed by atoms with Gasteiger partial charge in [-0.25, -0.2) is 19.6 Å². The van der Waals surface area contributed by atoms with Crippen LogP contribution in [0.25, 0.3) is 11.2 Å². The molecule has 3 rings (SSSR count). The summed E-state index contributed by atoms with van der Waals surface area (Å²) < 4.78 is 0. The lowest BCUT2D eigenvalue weighted by Crippen LogP contribution is -2.60. The molecule has 0 saturated carbocycles. The van der Waals surface area contributed by atoms with Gasteiger partial charge in [-0.15, -0.1) is 0 Å². The van der Waals surface area contributed by atoms with Crippen molar-refractivity contribution in [3.63, 3.8) is 0 Å². The van der Waals surface area contributed by atoms with Gasteiger partial charge in [-0.05, 0) is 69.2 Å². The number of nitrogen functional groups attached to an aromatic ring is 1. The smallest absolute Gasteiger partial charge is 0.327 e. The minimum Gasteiger partial charge on any atom is -0.481 e. The van der Waals surface area contributed by atoms with Gasteiger partial charge in [0.25, 0.3) is 11.5 Å². The van der Waals surface area contributed by atoms with Gasteiger partial charge in [0.15, 0.2) is 11.2 Å². The fourth-order valence-corrected chi connectivity index (χ4v) is 14.1. The van der Waals surface area contributed by atoms with Gasteiger partial charge in [-0.1, -0.05) is 28.5 Å². The molecule has 0 saturated heterocycles. The summed E-state index contributed by atoms with van der Waals surface area (Å²) in [6.45, 7) is -6.75. The van der Waals surface area contributed by atoms with Crippen molar-refractivity contribution in [1.82, 2.24) is 83.7 Å². The maximum absolute atomic E-state index is 15.1. The Labute approximate surface area is 795 Å². The van der Waals surface area contributed by atoms with Crippen LogP contribution < -0.4 is 80.4 Å². The molecule has 12 amide bonds. The van der Waals surface area contributed by atoms with Crippen LogP contribution in [0.5, 0.6) is 0 Å². The third-order valence-electron chi connectivity index (χ3n) is 20.5. The number of carboxylic acids is 4. The summed E-state index contributed by atoms with van der Waals surface area (Å²) in [6, 6.07) is -12.0. The average molecular weight is 2030 g/mol. The van der Waals surface area contributed by atoms with Crippen molar-refractivity contribution in [2.45, 2.75) is 249 Å². The van der Waals surface area contributed by atoms with Gasteiger partial charge in [-0.3, -0.25) is 76.9 Å². The van der Waals surface area contributed by atoms with Crippen molar-refractivity contribution in [3.05, 3.63) is 52.1 Å². The first-order valence-corrected chi connectivity index (χ1v) is 45.2. The van der Waals surface area contributed by atoms with E-state index in [1.165, 1.54) is 30.5 Å². The zero-order chi connectivity index (χ0) is 105. The van der Waals surface area contributed by atoms with Crippen LogP contribution in [0.2, 0.25) is 0 Å². The Morgan fingerprint density at radius 3 is 0.971 bits per heavy atom. The topological polar surface area (TPSA) is 1010 Å². The number of anilines is 2. The molecule has 0 aliphatic carbocycles. The number of fused-ring (bicyclic) bond motifs is 1. The molecule has 0 radical (unpaired) electrons. The lowest BCUT2D eigenvalue weighted by atomic mass is 10.0. The standard InChI is InChI=1S/C78H122N18O41S2/c1-2-138-139-31-42(77(136)137)94-74(132)38(10-17-54(112)84-26-46(104)62(121)66(125)50(108)30-100)90-73(131)40(13-20-57(116)117)92-71(129)37(9-16-53(111)83-25-45(103)61(120)65(124)49(107)29-99)88-70(128)36(8-15-52(110)82-24-44(102)60(119)64(123)48(106)28-98)89-72(130)39(12-19-56(114)115)91-69(127)35(7-14-51(109)81-23-43(101)59(118)63(122)47(105)27-97)87-55(113)18-11-41(76(134)135)93-68(126)32-3-5-33(6-4-32)80-21-34-22-85-67-58(86-34)75(133)96-78(79)95-67/h3-6,22,35-50,59-66,80,97-108,118-125H,2,7-21,23-31H2,1H3,(H,81,109)(H,82,110)(H,83,111)(H,84,112)(H,87,113)(H,88,128)(H,89,130)(H,90,131)(H,91,127)(H,92,129)(H,93,126)(H,94,132)(H,114,115)(H,116,117)(H,134,135)(H,136,137)(H3,79,85,95,96,133)/t35-,36-,37-,38-,39-,40-,41-,42-,43-,44-,45-,46-,47+,48+,49+,50+,59+,60+,61+,62+,63+,64+,65+,66+/m0/s1. The highest BCUT2D eigenvalue weighted by molar-refractivity contribution is 8.76. The van der Waals surface area contributed by atoms with Crippen LogP contribution in [0.1, 0.15) is 113 Å². The largest absolute Gasteiger partial charge is 0.481 e. The van der Waals surface area contributed by atoms with Crippen LogP contribution in [0.4, 0.5) is 11.6 Å². The molecule has 0 fully saturated rings. The maximum atomic E-state index is 15.1. The summed E-state index contributed by atoms with van der Waals surface area (Å²) >= 11 is 0. The number of aromatic nitrogens is 4. The van der Waals surface area contributed by atoms with E-state index in [9.17, 15) is 199 Å². The second-order valence-corrected chi connectivity index (χ2v) is 34.1. The van der Waals surface area contributed by atoms with Crippen LogP contribution in [0.15, 0.2) is 35.3 Å². The van der Waals surface area contributed by atoms with Gasteiger partial charge < -0.3 is 197 Å². The number of hydrogen-bond donors (Lipinski definition) is 39. The molecule has 2 aromatic heterocycles. The van der Waals surface area contributed by atoms with E-state index < -0.39 is 389 Å². The molecular formula is C78H122N18O41S2. The Morgan fingerprint density at radius 2 is 0.662 bits per heavy atom. The number of aromatic amines is 1. The lowest BCUT2D eigenvalue weighted by Gasteiger charge is -2.28. The van der Waals surface area contributed by atoms with E-state index in [0.29, 0.717) is 11.4 Å². The number of H-pyrrole nitrogens is 1. The summed E-state index contributed by atoms with van der Waals surface area (Å²) in [5, 5.41) is 270. The highest BCUT2D eigenvalue weighted by Gasteiger charge is 2.40. The minimum absolute atomic E-state index is 0.0262. The average Bonchev–Trinajstić information content (AvgIpc) is 0.808. The first-order valence-electron chi connectivity index (χ1n) is 42.7. The lowest BCUT2D eigenvalue weighted by molar-refractivity contribution is -0.142. The minimum atomic E-state index is -2.39. The highest BCUT2D eigenvalue weighted by Crippen LogP contribution is 2.22. The summed E-state index contributed by atoms with van der Waals surface area (Å²) in [5.41, 5.74) is 5.23. The molecule has 0 aliphatic rings. The van der Waals surface area contributed by atoms with Crippen molar-refractivity contribution in [2.75, 3.05) is 75.2 Å². The van der Waals surface area contributed by atoms with Crippen LogP contribution >= 0.6 is 21.6 Å². The number of hydrogen-bond acceptors (Lipinski definition) is 44. The molecule has 1 aromatic carbocycles. The molecule has 782 valence electrons. The number of aliphatic carboxylic acids is 4. The van der Waals surface area contributed by atoms with Gasteiger partial charge in [0.05, 0.1) is 69.3 Å². The predicted octanol–water partition coefficient (Wildman–Crippen LogP) is -17.2. The predicted molar refractivity (Wildman–Crippen MR) is 473 cm³/mol. The van der Waals surface area contributed by atoms with Crippen molar-refractivity contribution in [3.8, 4) is 0 Å². The van der Waals surface area contributed by atoms with Gasteiger partial charge in [0, 0.05) is 93.9 Å². The molecular weight excluding hydrogens is 1910 g/mol. The van der Waals surface area contributed by atoms with E-state index in [-0.39, 0.29) is 40.7 Å². The van der Waals surface area contributed by atoms with Crippen LogP contribution in [0, 0.1) is 0 Å². The summed E-state index contributed by atoms with van der Waals surface area (Å²) in [7, 11) is 2.10. The molecule has 139 heavy (non-hydrogen) atoms. The first kappa shape index (κ1) is 122. The van der Waals surface area contributed by atoms with Crippen molar-refractivity contribution in [2.24, 2.45) is 0 Å². The summed E-state index contributed by atoms with van der Waals surface area (Å²) in [6.07, 6.45) is -47.2. The molecule has 3 aromatic rings. The van der Waals surface area contributed by atoms with Gasteiger partial charge in [-0.2, -0.15) is 4.98 Å². The molecule has 24 atom stereocenters. The molecule has 0 aliphatic heterocycles. The van der Waals surface area contributed by atoms with Crippen LogP contribution in [-0.2, 0) is 78.5 Å². The molecule has 0 unspecified atom stereocenters. The highest BCUT2D eigenvalue weighted by atomic mass is 33.1. The molecule has 40 N–H and O–H groups in total. The number of aliphatic hydroxyl groups excluding tert-OH is 20. The van der Waals surface area contributed by atoms with Crippen molar-refractivity contribution < 1.29 is 199 Å². The Kier molecular flexibility index (Phi) is 54.7. The van der Waals surface area contributed by atoms with E-state index in [1.54, 1.807) is 6.92 Å². The number of nitrogens with zero attached hydrogens (tertiary/aromatic N) is 3. The van der Waals surface area contributed by atoms with E-state index in [4.69, 9.17) is 5.73 Å². The number of carbonyl (C=O) groups excluding carboxylic acids is 12. The number of rotatable bonds is 69. The quantitative estimate of drug-likeness (QED) is 0.0184. The van der Waals surface area contributed by atoms with Gasteiger partial charge in [0.2, 0.25) is 70.9 Å². The number of aliphatic hydroxyl groups is 20. The number of nitrogens with one attached hydrogen (secondary N) is 14. The Balaban J connectivity index is 2.24. The number of carbonyl (C=O) groups is 16. The fraction of sp³-hybridized carbons (Fsp3) is 0.641. The molecule has 0 spiro atoms. The first-order chi connectivity index (χ1) is 65.4. The van der Waals surface area contributed by atoms with Crippen LogP contribution in [0.3, 0.4) is 0 Å². The Hall–Kier alpha value is -11.5. The monoisotopic (exact) mass is 2030 g/mol. The van der Waals surface area contributed by atoms with Gasteiger partial charge in [0.1, 0.15) is 122 Å². The zero-order valence-electron chi connectivity index (χ0n) is 74.3. The van der Waals surface area contributed by atoms with Crippen molar-refractivity contribution in [1.29, 1.82) is 0 Å². The van der Waals surface area contributed by atoms with Crippen molar-refractivity contribution >= 4 is 139 Å². The maximum Gasteiger partial charge on any atom is 0.327 e. The second-order valence-electron chi connectivity index (χ2n) is 31.3. The number of benzene rings is 1. The van der Waals surface area contributed by atoms with E-state index >= 15 is 4.79 Å². The SMILES string of the molecule is CCSSC[C@H](NC(=O)[C@H](CCC(=O)NC[C@H](O)[C@@H](O)[C@H](O)[C@H](O)CO)NC(=O)[C@H](CCC(=O)O)NC(=O)[C@H](CCC(=O)NC[C@H](O)[C@@H](O)[C@H](O)[C@H](O)CO)NC(=O)[C@H](CCC(=O)NC[C@H](O)[C@@H](O)[C@H](O)[C@H](O)CO)NC(=O)[C@H](CCC(=O)O)NC(=O)[C@H](CCC(=O)NC[C@H](O)[C@@H](O)[C@H](O)[C@H](O)CO)NC(=O)CC[C@H](NC(=O)c1ccc(NCc2cnc3nc(N)[nH]c(=O)c3n2)cc1)C(=O)O)C(=O)O. The molecule has 0 bridgehead atoms. The van der Waals surface area contributed by atoms with Gasteiger partial charge >= 0.3 is 23.9 Å². The Morgan fingerprint density at radius 1 is 0.367 bits per heavy atom. The van der Waals surface area contributed by atoms with Crippen LogP contribution in [-0.4, -0.2) is 447 Å². The number of amides is 12. The van der Waals surface area contributed by atoms with E-state index in [2.05, 4.69) is 89.1 Å². The number of carboxylic acid groups (broad SMARTS) is 4. The molecule has 59 nitrogen and oxygen atoms in total. The summed E-state index contributed by atoms with van der Waals surface area (Å²) in [4.78, 5) is 247. The van der Waals surface area contributed by atoms with E-state index in [1.807, 2.05) is 0 Å². The third-order valence-corrected chi connectivity index (χ3v) is 23.0. The van der Waals surface area contributed by atoms with E-state index in [0.717, 1.165) is 21.6 Å². The number of nitrogens with two attached hydrogens (primary N) is 1. The Bertz CT molecular complexity index is 4580.